The van der Waals surface area contributed by atoms with Gasteiger partial charge in [-0.3, -0.25) is 4.79 Å². The van der Waals surface area contributed by atoms with Gasteiger partial charge in [0.1, 0.15) is 27.6 Å². The van der Waals surface area contributed by atoms with Gasteiger partial charge in [-0.05, 0) is 69.9 Å². The highest BCUT2D eigenvalue weighted by atomic mass is 32.1. The summed E-state index contributed by atoms with van der Waals surface area (Å²) in [6, 6.07) is 9.18. The van der Waals surface area contributed by atoms with Crippen molar-refractivity contribution < 1.29 is 36.6 Å². The molecule has 1 N–H and O–H groups in total. The van der Waals surface area contributed by atoms with Gasteiger partial charge in [0.2, 0.25) is 0 Å². The first-order chi connectivity index (χ1) is 22.7. The zero-order valence-electron chi connectivity index (χ0n) is 26.7. The van der Waals surface area contributed by atoms with Crippen molar-refractivity contribution in [3.63, 3.8) is 0 Å². The Morgan fingerprint density at radius 1 is 1.08 bits per heavy atom. The van der Waals surface area contributed by atoms with E-state index in [9.17, 15) is 14.0 Å². The Balaban J connectivity index is 1.51. The highest BCUT2D eigenvalue weighted by Gasteiger charge is 2.42. The molecular weight excluding hydrogens is 652 g/mol. The molecule has 5 rings (SSSR count). The number of nitrogens with zero attached hydrogens (tertiary/aromatic N) is 5. The molecule has 1 fully saturated rings. The van der Waals surface area contributed by atoms with Crippen molar-refractivity contribution >= 4 is 34.7 Å². The van der Waals surface area contributed by atoms with Crippen molar-refractivity contribution in [1.29, 1.82) is 0 Å². The largest absolute Gasteiger partial charge is 0.454 e. The Labute approximate surface area is 278 Å². The summed E-state index contributed by atoms with van der Waals surface area (Å²) in [7, 11) is 1.58. The van der Waals surface area contributed by atoms with Crippen LogP contribution in [0.4, 0.5) is 33.7 Å². The molecule has 2 aromatic heterocycles. The standard InChI is InChI=1S/C33H34F4N6O4S/c1-32(2,3)47-31(45)42(4)17-20-8-7-15-43(18-20)28-23(40-29(44)24-19-48-30(41-24)21-13-14-38-39-16-21)11-12-26(27(28)33(35,36)37)46-25-10-6-5-9-22(25)34/h5-6,9-14,16,19-20H,7-8,15,17-18H2,1-4H3,(H,40,44)/t20-/m0/s1. The predicted molar refractivity (Wildman–Crippen MR) is 173 cm³/mol. The summed E-state index contributed by atoms with van der Waals surface area (Å²) < 4.78 is 70.7. The zero-order valence-corrected chi connectivity index (χ0v) is 27.5. The zero-order chi connectivity index (χ0) is 34.6. The van der Waals surface area contributed by atoms with Crippen LogP contribution in [0.2, 0.25) is 0 Å². The Hall–Kier alpha value is -4.79. The van der Waals surface area contributed by atoms with Crippen LogP contribution in [0.15, 0.2) is 60.2 Å². The summed E-state index contributed by atoms with van der Waals surface area (Å²) in [6.07, 6.45) is -1.42. The quantitative estimate of drug-likeness (QED) is 0.187. The maximum absolute atomic E-state index is 15.1. The molecule has 1 aliphatic rings. The molecule has 10 nitrogen and oxygen atoms in total. The molecule has 2 aromatic carbocycles. The average Bonchev–Trinajstić information content (AvgIpc) is 3.53. The van der Waals surface area contributed by atoms with Gasteiger partial charge in [0.25, 0.3) is 5.91 Å². The summed E-state index contributed by atoms with van der Waals surface area (Å²) in [6.45, 7) is 5.80. The van der Waals surface area contributed by atoms with E-state index in [0.29, 0.717) is 23.4 Å². The van der Waals surface area contributed by atoms with E-state index >= 15 is 13.2 Å². The van der Waals surface area contributed by atoms with Crippen LogP contribution in [-0.2, 0) is 10.9 Å². The lowest BCUT2D eigenvalue weighted by atomic mass is 9.95. The summed E-state index contributed by atoms with van der Waals surface area (Å²) in [5.41, 5.74) is -1.73. The minimum absolute atomic E-state index is 0.00601. The van der Waals surface area contributed by atoms with Crippen molar-refractivity contribution in [1.82, 2.24) is 20.1 Å². The number of benzene rings is 2. The molecule has 1 atom stereocenters. The lowest BCUT2D eigenvalue weighted by molar-refractivity contribution is -0.138. The lowest BCUT2D eigenvalue weighted by Crippen LogP contribution is -2.43. The number of anilines is 2. The number of rotatable bonds is 8. The van der Waals surface area contributed by atoms with Gasteiger partial charge in [-0.25, -0.2) is 14.2 Å². The molecule has 1 aliphatic heterocycles. The molecule has 254 valence electrons. The van der Waals surface area contributed by atoms with Crippen LogP contribution in [0.25, 0.3) is 10.6 Å². The third kappa shape index (κ3) is 8.37. The molecule has 0 bridgehead atoms. The minimum atomic E-state index is -4.97. The number of ether oxygens (including phenoxy) is 2. The number of alkyl halides is 3. The predicted octanol–water partition coefficient (Wildman–Crippen LogP) is 7.89. The first kappa shape index (κ1) is 34.5. The fourth-order valence-corrected chi connectivity index (χ4v) is 6.13. The van der Waals surface area contributed by atoms with Crippen molar-refractivity contribution in [2.24, 2.45) is 5.92 Å². The summed E-state index contributed by atoms with van der Waals surface area (Å²) in [5, 5.41) is 12.1. The fraction of sp³-hybridized carbons (Fsp3) is 0.364. The monoisotopic (exact) mass is 686 g/mol. The van der Waals surface area contributed by atoms with E-state index in [1.807, 2.05) is 0 Å². The molecule has 1 saturated heterocycles. The SMILES string of the molecule is CN(C[C@@H]1CCCN(c2c(NC(=O)c3csc(-c4ccnnc4)n3)ccc(Oc3ccccc3F)c2C(F)(F)F)C1)C(=O)OC(C)(C)C. The van der Waals surface area contributed by atoms with E-state index in [-0.39, 0.29) is 48.4 Å². The second-order valence-electron chi connectivity index (χ2n) is 12.3. The topological polar surface area (TPSA) is 110 Å². The molecule has 0 radical (unpaired) electrons. The summed E-state index contributed by atoms with van der Waals surface area (Å²) in [4.78, 5) is 33.4. The highest BCUT2D eigenvalue weighted by Crippen LogP contribution is 2.49. The van der Waals surface area contributed by atoms with Crippen LogP contribution in [0, 0.1) is 11.7 Å². The lowest BCUT2D eigenvalue weighted by Gasteiger charge is -2.38. The molecule has 0 unspecified atom stereocenters. The third-order valence-corrected chi connectivity index (χ3v) is 8.26. The Kier molecular flexibility index (Phi) is 10.2. The average molecular weight is 687 g/mol. The second kappa shape index (κ2) is 14.1. The van der Waals surface area contributed by atoms with Crippen molar-refractivity contribution in [2.75, 3.05) is 36.9 Å². The van der Waals surface area contributed by atoms with Crippen molar-refractivity contribution in [3.8, 4) is 22.1 Å². The second-order valence-corrected chi connectivity index (χ2v) is 13.2. The number of carbonyl (C=O) groups excluding carboxylic acids is 2. The number of carbonyl (C=O) groups is 2. The van der Waals surface area contributed by atoms with Gasteiger partial charge >= 0.3 is 12.3 Å². The van der Waals surface area contributed by atoms with E-state index in [0.717, 1.165) is 12.1 Å². The number of amides is 2. The summed E-state index contributed by atoms with van der Waals surface area (Å²) in [5.74, 6) is -2.81. The molecule has 15 heteroatoms. The smallest absolute Gasteiger partial charge is 0.422 e. The number of hydrogen-bond donors (Lipinski definition) is 1. The first-order valence-corrected chi connectivity index (χ1v) is 16.0. The van der Waals surface area contributed by atoms with Gasteiger partial charge in [0, 0.05) is 37.6 Å². The molecule has 2 amide bonds. The molecule has 3 heterocycles. The van der Waals surface area contributed by atoms with Crippen LogP contribution in [-0.4, -0.2) is 64.4 Å². The number of nitrogens with one attached hydrogen (secondary N) is 1. The van der Waals surface area contributed by atoms with Gasteiger partial charge < -0.3 is 24.6 Å². The Morgan fingerprint density at radius 2 is 1.85 bits per heavy atom. The van der Waals surface area contributed by atoms with Crippen LogP contribution in [0.5, 0.6) is 11.5 Å². The van der Waals surface area contributed by atoms with Crippen LogP contribution < -0.4 is 15.0 Å². The molecule has 0 saturated carbocycles. The van der Waals surface area contributed by atoms with Crippen LogP contribution >= 0.6 is 11.3 Å². The Bertz CT molecular complexity index is 1760. The van der Waals surface area contributed by atoms with Gasteiger partial charge in [0.05, 0.1) is 23.8 Å². The van der Waals surface area contributed by atoms with E-state index in [4.69, 9.17) is 9.47 Å². The normalized spacial score (nSPS) is 15.2. The maximum Gasteiger partial charge on any atom is 0.422 e. The fourth-order valence-electron chi connectivity index (χ4n) is 5.34. The van der Waals surface area contributed by atoms with E-state index in [1.54, 1.807) is 33.9 Å². The number of thiazole rings is 1. The number of aromatic nitrogens is 3. The van der Waals surface area contributed by atoms with Gasteiger partial charge in [-0.2, -0.15) is 23.4 Å². The van der Waals surface area contributed by atoms with Crippen LogP contribution in [0.3, 0.4) is 0 Å². The Morgan fingerprint density at radius 3 is 2.54 bits per heavy atom. The first-order valence-electron chi connectivity index (χ1n) is 15.1. The van der Waals surface area contributed by atoms with Gasteiger partial charge in [-0.15, -0.1) is 11.3 Å². The van der Waals surface area contributed by atoms with Gasteiger partial charge in [0.15, 0.2) is 11.6 Å². The van der Waals surface area contributed by atoms with Crippen LogP contribution in [0.1, 0.15) is 49.7 Å². The number of hydrogen-bond acceptors (Lipinski definition) is 9. The number of para-hydroxylation sites is 1. The summed E-state index contributed by atoms with van der Waals surface area (Å²) >= 11 is 1.17. The molecular formula is C33H34F4N6O4S. The third-order valence-electron chi connectivity index (χ3n) is 7.37. The number of halogens is 4. The molecule has 0 spiro atoms. The highest BCUT2D eigenvalue weighted by molar-refractivity contribution is 7.13. The van der Waals surface area contributed by atoms with E-state index in [1.165, 1.54) is 63.2 Å². The van der Waals surface area contributed by atoms with Crippen molar-refractivity contribution in [3.05, 3.63) is 77.3 Å². The van der Waals surface area contributed by atoms with Crippen molar-refractivity contribution in [2.45, 2.75) is 45.4 Å². The van der Waals surface area contributed by atoms with E-state index in [2.05, 4.69) is 20.5 Å². The number of piperidine rings is 1. The molecule has 4 aromatic rings. The molecule has 0 aliphatic carbocycles. The van der Waals surface area contributed by atoms with Gasteiger partial charge in [-0.1, -0.05) is 12.1 Å². The minimum Gasteiger partial charge on any atom is -0.454 e. The van der Waals surface area contributed by atoms with E-state index < -0.39 is 40.9 Å². The maximum atomic E-state index is 15.1. The molecule has 48 heavy (non-hydrogen) atoms.